The molecular weight excluding hydrogens is 275 g/mol. The van der Waals surface area contributed by atoms with Crippen LogP contribution in [0.3, 0.4) is 0 Å². The van der Waals surface area contributed by atoms with Gasteiger partial charge in [0.15, 0.2) is 0 Å². The van der Waals surface area contributed by atoms with Gasteiger partial charge in [-0.25, -0.2) is 0 Å². The molecule has 5 heteroatoms. The van der Waals surface area contributed by atoms with Gasteiger partial charge in [0.05, 0.1) is 8.67 Å². The summed E-state index contributed by atoms with van der Waals surface area (Å²) in [5.41, 5.74) is 6.90. The van der Waals surface area contributed by atoms with Crippen molar-refractivity contribution in [1.29, 1.82) is 0 Å². The minimum absolute atomic E-state index is 0.317. The van der Waals surface area contributed by atoms with Gasteiger partial charge in [0, 0.05) is 24.2 Å². The molecule has 2 rings (SSSR count). The van der Waals surface area contributed by atoms with E-state index in [1.54, 1.807) is 0 Å². The zero-order valence-corrected chi connectivity index (χ0v) is 12.4. The minimum atomic E-state index is 0.317. The molecule has 0 saturated carbocycles. The van der Waals surface area contributed by atoms with E-state index in [-0.39, 0.29) is 0 Å². The van der Waals surface area contributed by atoms with Crippen LogP contribution in [0.2, 0.25) is 8.67 Å². The van der Waals surface area contributed by atoms with Crippen LogP contribution in [0.1, 0.15) is 31.9 Å². The number of halogens is 2. The number of nitrogens with two attached hydrogens (primary N) is 1. The van der Waals surface area contributed by atoms with Crippen LogP contribution in [0.5, 0.6) is 0 Å². The molecule has 96 valence electrons. The molecule has 0 aromatic carbocycles. The largest absolute Gasteiger partial charge is 0.330 e. The molecule has 2 heterocycles. The van der Waals surface area contributed by atoms with Crippen molar-refractivity contribution in [2.24, 2.45) is 11.7 Å². The zero-order chi connectivity index (χ0) is 12.6. The highest BCUT2D eigenvalue weighted by Gasteiger charge is 2.32. The standard InChI is InChI=1S/C12H18Cl2N2S/c1-7-3-9(5-15)6-16(7)8(2)10-4-11(13)17-12(10)14/h4,7-9H,3,5-6,15H2,1-2H3. The van der Waals surface area contributed by atoms with Crippen molar-refractivity contribution in [2.75, 3.05) is 13.1 Å². The summed E-state index contributed by atoms with van der Waals surface area (Å²) >= 11 is 13.7. The predicted molar refractivity (Wildman–Crippen MR) is 76.1 cm³/mol. The average molecular weight is 293 g/mol. The molecule has 1 aliphatic rings. The molecule has 0 bridgehead atoms. The van der Waals surface area contributed by atoms with E-state index in [0.717, 1.165) is 27.3 Å². The molecule has 3 atom stereocenters. The fourth-order valence-corrected chi connectivity index (χ4v) is 4.33. The Bertz CT molecular complexity index is 394. The van der Waals surface area contributed by atoms with Gasteiger partial charge >= 0.3 is 0 Å². The van der Waals surface area contributed by atoms with E-state index in [1.807, 2.05) is 6.07 Å². The van der Waals surface area contributed by atoms with E-state index in [2.05, 4.69) is 18.7 Å². The maximum Gasteiger partial charge on any atom is 0.0991 e. The lowest BCUT2D eigenvalue weighted by Crippen LogP contribution is -2.30. The predicted octanol–water partition coefficient (Wildman–Crippen LogP) is 3.79. The topological polar surface area (TPSA) is 29.3 Å². The van der Waals surface area contributed by atoms with Gasteiger partial charge in [0.25, 0.3) is 0 Å². The maximum absolute atomic E-state index is 6.22. The number of hydrogen-bond acceptors (Lipinski definition) is 3. The molecule has 0 aliphatic carbocycles. The van der Waals surface area contributed by atoms with Crippen LogP contribution in [0.15, 0.2) is 6.07 Å². The fraction of sp³-hybridized carbons (Fsp3) is 0.667. The molecule has 0 radical (unpaired) electrons. The third kappa shape index (κ3) is 2.79. The lowest BCUT2D eigenvalue weighted by Gasteiger charge is -2.28. The summed E-state index contributed by atoms with van der Waals surface area (Å²) in [7, 11) is 0. The molecule has 3 unspecified atom stereocenters. The van der Waals surface area contributed by atoms with Gasteiger partial charge in [0.2, 0.25) is 0 Å². The highest BCUT2D eigenvalue weighted by atomic mass is 35.5. The summed E-state index contributed by atoms with van der Waals surface area (Å²) < 4.78 is 1.57. The Balaban J connectivity index is 2.15. The maximum atomic E-state index is 6.22. The minimum Gasteiger partial charge on any atom is -0.330 e. The molecular formula is C12H18Cl2N2S. The molecule has 0 spiro atoms. The summed E-state index contributed by atoms with van der Waals surface area (Å²) in [6.45, 7) is 6.28. The first-order chi connectivity index (χ1) is 8.02. The lowest BCUT2D eigenvalue weighted by molar-refractivity contribution is 0.201. The first-order valence-corrected chi connectivity index (χ1v) is 7.50. The number of likely N-dealkylation sites (tertiary alicyclic amines) is 1. The normalized spacial score (nSPS) is 27.6. The summed E-state index contributed by atoms with van der Waals surface area (Å²) in [6, 6.07) is 2.87. The van der Waals surface area contributed by atoms with Crippen LogP contribution < -0.4 is 5.73 Å². The number of rotatable bonds is 3. The molecule has 2 nitrogen and oxygen atoms in total. The molecule has 0 amide bonds. The Labute approximate surface area is 117 Å². The van der Waals surface area contributed by atoms with Crippen LogP contribution in [0.25, 0.3) is 0 Å². The van der Waals surface area contributed by atoms with Gasteiger partial charge in [0.1, 0.15) is 0 Å². The number of thiophene rings is 1. The van der Waals surface area contributed by atoms with Crippen LogP contribution >= 0.6 is 34.5 Å². The third-order valence-corrected chi connectivity index (χ3v) is 5.19. The Morgan fingerprint density at radius 2 is 2.29 bits per heavy atom. The SMILES string of the molecule is CC1CC(CN)CN1C(C)c1cc(Cl)sc1Cl. The molecule has 1 aromatic heterocycles. The third-order valence-electron chi connectivity index (χ3n) is 3.67. The van der Waals surface area contributed by atoms with Gasteiger partial charge in [-0.15, -0.1) is 11.3 Å². The van der Waals surface area contributed by atoms with Crippen molar-refractivity contribution in [3.63, 3.8) is 0 Å². The smallest absolute Gasteiger partial charge is 0.0991 e. The van der Waals surface area contributed by atoms with Gasteiger partial charge in [-0.05, 0) is 38.8 Å². The fourth-order valence-electron chi connectivity index (χ4n) is 2.70. The lowest BCUT2D eigenvalue weighted by atomic mass is 10.1. The van der Waals surface area contributed by atoms with E-state index in [0.29, 0.717) is 18.0 Å². The van der Waals surface area contributed by atoms with Crippen LogP contribution in [0, 0.1) is 5.92 Å². The highest BCUT2D eigenvalue weighted by Crippen LogP contribution is 2.39. The summed E-state index contributed by atoms with van der Waals surface area (Å²) in [4.78, 5) is 2.47. The van der Waals surface area contributed by atoms with Crippen molar-refractivity contribution < 1.29 is 0 Å². The Kier molecular flexibility index (Phi) is 4.37. The quantitative estimate of drug-likeness (QED) is 0.919. The van der Waals surface area contributed by atoms with Crippen LogP contribution in [0.4, 0.5) is 0 Å². The average Bonchev–Trinajstić information content (AvgIpc) is 2.81. The van der Waals surface area contributed by atoms with E-state index in [4.69, 9.17) is 28.9 Å². The molecule has 17 heavy (non-hydrogen) atoms. The highest BCUT2D eigenvalue weighted by molar-refractivity contribution is 7.20. The van der Waals surface area contributed by atoms with E-state index in [1.165, 1.54) is 17.8 Å². The molecule has 1 aromatic rings. The van der Waals surface area contributed by atoms with Crippen molar-refractivity contribution in [2.45, 2.75) is 32.4 Å². The Morgan fingerprint density at radius 1 is 1.59 bits per heavy atom. The van der Waals surface area contributed by atoms with Crippen LogP contribution in [-0.4, -0.2) is 24.0 Å². The monoisotopic (exact) mass is 292 g/mol. The second kappa shape index (κ2) is 5.45. The molecule has 2 N–H and O–H groups in total. The van der Waals surface area contributed by atoms with E-state index < -0.39 is 0 Å². The van der Waals surface area contributed by atoms with Gasteiger partial charge in [-0.2, -0.15) is 0 Å². The Hall–Kier alpha value is 0.200. The van der Waals surface area contributed by atoms with Crippen molar-refractivity contribution >= 4 is 34.5 Å². The summed E-state index contributed by atoms with van der Waals surface area (Å²) in [5.74, 6) is 0.611. The van der Waals surface area contributed by atoms with Gasteiger partial charge in [-0.1, -0.05) is 23.2 Å². The molecule has 1 saturated heterocycles. The van der Waals surface area contributed by atoms with Gasteiger partial charge < -0.3 is 5.73 Å². The van der Waals surface area contributed by atoms with Crippen molar-refractivity contribution in [1.82, 2.24) is 4.90 Å². The van der Waals surface area contributed by atoms with E-state index in [9.17, 15) is 0 Å². The second-order valence-corrected chi connectivity index (χ2v) is 7.12. The first-order valence-electron chi connectivity index (χ1n) is 5.93. The van der Waals surface area contributed by atoms with Crippen molar-refractivity contribution in [3.8, 4) is 0 Å². The van der Waals surface area contributed by atoms with Crippen molar-refractivity contribution in [3.05, 3.63) is 20.3 Å². The summed E-state index contributed by atoms with van der Waals surface area (Å²) in [6.07, 6.45) is 1.18. The molecule has 1 aliphatic heterocycles. The van der Waals surface area contributed by atoms with Gasteiger partial charge in [-0.3, -0.25) is 4.90 Å². The van der Waals surface area contributed by atoms with Crippen LogP contribution in [-0.2, 0) is 0 Å². The zero-order valence-electron chi connectivity index (χ0n) is 10.1. The number of nitrogens with zero attached hydrogens (tertiary/aromatic N) is 1. The Morgan fingerprint density at radius 3 is 2.76 bits per heavy atom. The number of hydrogen-bond donors (Lipinski definition) is 1. The first kappa shape index (κ1) is 13.6. The summed E-state index contributed by atoms with van der Waals surface area (Å²) in [5, 5.41) is 0. The second-order valence-electron chi connectivity index (χ2n) is 4.84. The molecule has 1 fully saturated rings. The van der Waals surface area contributed by atoms with E-state index >= 15 is 0 Å².